The van der Waals surface area contributed by atoms with Crippen molar-refractivity contribution in [3.63, 3.8) is 0 Å². The lowest BCUT2D eigenvalue weighted by molar-refractivity contribution is -0.126. The molecule has 1 aromatic heterocycles. The Balaban J connectivity index is 2.23. The number of carbonyl (C=O) groups is 3. The molecule has 2 heterocycles. The van der Waals surface area contributed by atoms with Gasteiger partial charge in [-0.15, -0.1) is 0 Å². The van der Waals surface area contributed by atoms with Gasteiger partial charge in [0.2, 0.25) is 5.91 Å². The fourth-order valence-corrected chi connectivity index (χ4v) is 3.27. The van der Waals surface area contributed by atoms with E-state index < -0.39 is 17.3 Å². The number of nitrogens with zero attached hydrogens (tertiary/aromatic N) is 3. The Morgan fingerprint density at radius 1 is 1.56 bits per heavy atom. The minimum absolute atomic E-state index is 0.184. The number of nitrogens with one attached hydrogen (secondary N) is 1. The zero-order valence-corrected chi connectivity index (χ0v) is 15.0. The third-order valence-corrected chi connectivity index (χ3v) is 4.64. The van der Waals surface area contributed by atoms with E-state index in [9.17, 15) is 19.6 Å². The predicted molar refractivity (Wildman–Crippen MR) is 90.1 cm³/mol. The number of nitriles is 1. The molecule has 25 heavy (non-hydrogen) atoms. The lowest BCUT2D eigenvalue weighted by atomic mass is 10.1. The molecule has 0 aliphatic carbocycles. The maximum atomic E-state index is 12.4. The van der Waals surface area contributed by atoms with Crippen molar-refractivity contribution in [2.45, 2.75) is 31.0 Å². The first-order valence-corrected chi connectivity index (χ1v) is 8.61. The largest absolute Gasteiger partial charge is 0.462 e. The molecule has 0 bridgehead atoms. The highest BCUT2D eigenvalue weighted by Gasteiger charge is 2.31. The smallest absolute Gasteiger partial charge is 0.340 e. The van der Waals surface area contributed by atoms with Crippen LogP contribution in [0.1, 0.15) is 35.5 Å². The van der Waals surface area contributed by atoms with E-state index in [0.717, 1.165) is 16.7 Å². The van der Waals surface area contributed by atoms with Gasteiger partial charge in [0.15, 0.2) is 0 Å². The van der Waals surface area contributed by atoms with Crippen LogP contribution < -0.4 is 5.32 Å². The predicted octanol–water partition coefficient (Wildman–Crippen LogP) is 1.47. The second kappa shape index (κ2) is 7.98. The van der Waals surface area contributed by atoms with Gasteiger partial charge in [0, 0.05) is 13.1 Å². The van der Waals surface area contributed by atoms with Crippen LogP contribution in [0.5, 0.6) is 0 Å². The van der Waals surface area contributed by atoms with Crippen LogP contribution >= 0.6 is 11.8 Å². The highest BCUT2D eigenvalue weighted by Crippen LogP contribution is 2.28. The number of carbonyl (C=O) groups excluding carboxylic acids is 3. The van der Waals surface area contributed by atoms with E-state index in [2.05, 4.69) is 10.3 Å². The van der Waals surface area contributed by atoms with Crippen molar-refractivity contribution in [1.29, 1.82) is 5.26 Å². The number of esters is 1. The molecule has 132 valence electrons. The lowest BCUT2D eigenvalue weighted by Crippen LogP contribution is -2.39. The SMILES string of the molecule is CCOC(=O)c1cc(C#N)c(S[C@@H](C)C(=O)N2CCNC2=O)nc1C. The van der Waals surface area contributed by atoms with Crippen LogP contribution in [-0.4, -0.2) is 52.7 Å². The molecule has 8 nitrogen and oxygen atoms in total. The summed E-state index contributed by atoms with van der Waals surface area (Å²) in [7, 11) is 0. The van der Waals surface area contributed by atoms with Crippen molar-refractivity contribution in [3.8, 4) is 6.07 Å². The van der Waals surface area contributed by atoms with E-state index >= 15 is 0 Å². The van der Waals surface area contributed by atoms with Crippen LogP contribution in [0.3, 0.4) is 0 Å². The number of pyridine rings is 1. The van der Waals surface area contributed by atoms with Crippen LogP contribution in [0.4, 0.5) is 4.79 Å². The van der Waals surface area contributed by atoms with Gasteiger partial charge in [0.1, 0.15) is 11.1 Å². The topological polar surface area (TPSA) is 112 Å². The molecule has 0 saturated carbocycles. The van der Waals surface area contributed by atoms with Crippen molar-refractivity contribution < 1.29 is 19.1 Å². The van der Waals surface area contributed by atoms with E-state index in [0.29, 0.717) is 23.8 Å². The number of aryl methyl sites for hydroxylation is 1. The molecule has 0 unspecified atom stereocenters. The second-order valence-electron chi connectivity index (χ2n) is 5.29. The summed E-state index contributed by atoms with van der Waals surface area (Å²) < 4.78 is 4.95. The molecule has 3 amide bonds. The number of aromatic nitrogens is 1. The normalized spacial score (nSPS) is 14.6. The van der Waals surface area contributed by atoms with Gasteiger partial charge in [0.25, 0.3) is 0 Å². The standard InChI is InChI=1S/C16H18N4O4S/c1-4-24-15(22)12-7-11(8-17)13(19-9(12)2)25-10(3)14(21)20-6-5-18-16(20)23/h7,10H,4-6H2,1-3H3,(H,18,23)/t10-/m0/s1. The first-order valence-electron chi connectivity index (χ1n) is 7.73. The van der Waals surface area contributed by atoms with Crippen molar-refractivity contribution in [2.75, 3.05) is 19.7 Å². The summed E-state index contributed by atoms with van der Waals surface area (Å²) in [6.45, 7) is 5.95. The maximum absolute atomic E-state index is 12.4. The van der Waals surface area contributed by atoms with E-state index in [1.807, 2.05) is 6.07 Å². The quantitative estimate of drug-likeness (QED) is 0.623. The van der Waals surface area contributed by atoms with Crippen LogP contribution in [0.15, 0.2) is 11.1 Å². The zero-order chi connectivity index (χ0) is 18.6. The van der Waals surface area contributed by atoms with E-state index in [4.69, 9.17) is 4.74 Å². The Kier molecular flexibility index (Phi) is 5.98. The van der Waals surface area contributed by atoms with E-state index in [1.54, 1.807) is 20.8 Å². The highest BCUT2D eigenvalue weighted by molar-refractivity contribution is 8.00. The Bertz CT molecular complexity index is 759. The van der Waals surface area contributed by atoms with Gasteiger partial charge in [-0.2, -0.15) is 5.26 Å². The average molecular weight is 362 g/mol. The molecule has 1 N–H and O–H groups in total. The second-order valence-corrected chi connectivity index (χ2v) is 6.62. The Hall–Kier alpha value is -2.60. The summed E-state index contributed by atoms with van der Waals surface area (Å²) in [6.07, 6.45) is 0. The molecular formula is C16H18N4O4S. The summed E-state index contributed by atoms with van der Waals surface area (Å²) in [5, 5.41) is 11.6. The lowest BCUT2D eigenvalue weighted by Gasteiger charge is -2.18. The third kappa shape index (κ3) is 4.09. The summed E-state index contributed by atoms with van der Waals surface area (Å²) >= 11 is 1.08. The number of urea groups is 1. The maximum Gasteiger partial charge on any atom is 0.340 e. The molecule has 2 rings (SSSR count). The van der Waals surface area contributed by atoms with E-state index in [1.165, 1.54) is 6.07 Å². The molecule has 1 fully saturated rings. The van der Waals surface area contributed by atoms with Gasteiger partial charge >= 0.3 is 12.0 Å². The molecular weight excluding hydrogens is 344 g/mol. The number of ether oxygens (including phenoxy) is 1. The van der Waals surface area contributed by atoms with Crippen LogP contribution in [0, 0.1) is 18.3 Å². The minimum atomic E-state index is -0.601. The summed E-state index contributed by atoms with van der Waals surface area (Å²) in [6, 6.07) is 2.99. The zero-order valence-electron chi connectivity index (χ0n) is 14.2. The molecule has 1 aromatic rings. The fourth-order valence-electron chi connectivity index (χ4n) is 2.29. The highest BCUT2D eigenvalue weighted by atomic mass is 32.2. The number of hydrogen-bond donors (Lipinski definition) is 1. The molecule has 0 radical (unpaired) electrons. The average Bonchev–Trinajstić information content (AvgIpc) is 3.00. The van der Waals surface area contributed by atoms with Crippen molar-refractivity contribution in [2.24, 2.45) is 0 Å². The first kappa shape index (κ1) is 18.7. The van der Waals surface area contributed by atoms with Gasteiger partial charge in [-0.25, -0.2) is 14.6 Å². The van der Waals surface area contributed by atoms with Gasteiger partial charge in [-0.1, -0.05) is 11.8 Å². The number of amides is 3. The molecule has 9 heteroatoms. The van der Waals surface area contributed by atoms with Crippen molar-refractivity contribution in [1.82, 2.24) is 15.2 Å². The third-order valence-electron chi connectivity index (χ3n) is 3.55. The Labute approximate surface area is 149 Å². The summed E-state index contributed by atoms with van der Waals surface area (Å²) in [4.78, 5) is 41.3. The molecule has 1 saturated heterocycles. The number of rotatable bonds is 5. The number of thioether (sulfide) groups is 1. The number of imide groups is 1. The Morgan fingerprint density at radius 2 is 2.28 bits per heavy atom. The Morgan fingerprint density at radius 3 is 2.84 bits per heavy atom. The van der Waals surface area contributed by atoms with Gasteiger partial charge in [0.05, 0.1) is 28.7 Å². The molecule has 1 aliphatic heterocycles. The molecule has 1 atom stereocenters. The van der Waals surface area contributed by atoms with E-state index in [-0.39, 0.29) is 23.6 Å². The monoisotopic (exact) mass is 362 g/mol. The fraction of sp³-hybridized carbons (Fsp3) is 0.438. The first-order chi connectivity index (χ1) is 11.9. The number of hydrogen-bond acceptors (Lipinski definition) is 7. The van der Waals surface area contributed by atoms with Crippen LogP contribution in [0.2, 0.25) is 0 Å². The van der Waals surface area contributed by atoms with Gasteiger partial charge in [-0.05, 0) is 26.8 Å². The summed E-state index contributed by atoms with van der Waals surface area (Å²) in [5.41, 5.74) is 0.823. The van der Waals surface area contributed by atoms with Crippen molar-refractivity contribution in [3.05, 3.63) is 22.9 Å². The van der Waals surface area contributed by atoms with Crippen LogP contribution in [-0.2, 0) is 9.53 Å². The molecule has 0 aromatic carbocycles. The molecule has 0 spiro atoms. The van der Waals surface area contributed by atoms with Crippen molar-refractivity contribution >= 4 is 29.7 Å². The molecule has 1 aliphatic rings. The summed E-state index contributed by atoms with van der Waals surface area (Å²) in [5.74, 6) is -0.892. The van der Waals surface area contributed by atoms with Gasteiger partial charge in [-0.3, -0.25) is 9.69 Å². The minimum Gasteiger partial charge on any atom is -0.462 e. The van der Waals surface area contributed by atoms with Gasteiger partial charge < -0.3 is 10.1 Å². The van der Waals surface area contributed by atoms with Crippen LogP contribution in [0.25, 0.3) is 0 Å².